The van der Waals surface area contributed by atoms with Crippen molar-refractivity contribution in [2.45, 2.75) is 11.8 Å². The molecule has 2 rings (SSSR count). The summed E-state index contributed by atoms with van der Waals surface area (Å²) in [5.74, 6) is -1.88. The van der Waals surface area contributed by atoms with Gasteiger partial charge in [0.15, 0.2) is 0 Å². The number of carbonyl (C=O) groups is 1. The Morgan fingerprint density at radius 1 is 1.57 bits per heavy atom. The Morgan fingerprint density at radius 3 is 2.86 bits per heavy atom. The van der Waals surface area contributed by atoms with Crippen LogP contribution in [0.3, 0.4) is 0 Å². The number of carboxylic acids is 1. The Balaban J connectivity index is 2.45. The third-order valence-electron chi connectivity index (χ3n) is 3.13. The molecule has 0 spiro atoms. The Morgan fingerprint density at radius 2 is 2.24 bits per heavy atom. The van der Waals surface area contributed by atoms with Gasteiger partial charge in [-0.2, -0.15) is 0 Å². The Bertz CT molecular complexity index is 787. The number of hydrogen-bond acceptors (Lipinski definition) is 4. The van der Waals surface area contributed by atoms with Gasteiger partial charge < -0.3 is 10.1 Å². The van der Waals surface area contributed by atoms with Crippen LogP contribution in [0.5, 0.6) is 0 Å². The first-order chi connectivity index (χ1) is 9.75. The molecule has 0 bridgehead atoms. The van der Waals surface area contributed by atoms with Crippen molar-refractivity contribution in [1.29, 1.82) is 0 Å². The SMILES string of the molecule is CC(CN(C)S(=O)(=O)c1c[nH]c2nccc(Cl)c12)C(=O)O. The van der Waals surface area contributed by atoms with Gasteiger partial charge in [0.1, 0.15) is 10.5 Å². The molecule has 0 radical (unpaired) electrons. The highest BCUT2D eigenvalue weighted by atomic mass is 35.5. The first kappa shape index (κ1) is 15.7. The summed E-state index contributed by atoms with van der Waals surface area (Å²) in [7, 11) is -2.53. The van der Waals surface area contributed by atoms with E-state index in [1.165, 1.54) is 32.4 Å². The fourth-order valence-electron chi connectivity index (χ4n) is 1.92. The maximum atomic E-state index is 12.5. The van der Waals surface area contributed by atoms with Gasteiger partial charge in [-0.15, -0.1) is 0 Å². The summed E-state index contributed by atoms with van der Waals surface area (Å²) in [6.07, 6.45) is 2.77. The van der Waals surface area contributed by atoms with E-state index in [4.69, 9.17) is 16.7 Å². The van der Waals surface area contributed by atoms with Gasteiger partial charge in [-0.1, -0.05) is 18.5 Å². The molecule has 0 aliphatic carbocycles. The van der Waals surface area contributed by atoms with Crippen molar-refractivity contribution in [1.82, 2.24) is 14.3 Å². The van der Waals surface area contributed by atoms with Gasteiger partial charge in [-0.3, -0.25) is 4.79 Å². The predicted molar refractivity (Wildman–Crippen MR) is 77.7 cm³/mol. The van der Waals surface area contributed by atoms with Crippen LogP contribution in [0, 0.1) is 5.92 Å². The lowest BCUT2D eigenvalue weighted by Gasteiger charge is -2.18. The number of hydrogen-bond donors (Lipinski definition) is 2. The number of sulfonamides is 1. The van der Waals surface area contributed by atoms with Crippen LogP contribution < -0.4 is 0 Å². The van der Waals surface area contributed by atoms with Crippen molar-refractivity contribution in [3.63, 3.8) is 0 Å². The summed E-state index contributed by atoms with van der Waals surface area (Å²) in [5.41, 5.74) is 0.362. The highest BCUT2D eigenvalue weighted by Gasteiger charge is 2.28. The molecule has 0 amide bonds. The number of aromatic amines is 1. The molecule has 0 aliphatic heterocycles. The molecule has 9 heteroatoms. The molecule has 1 atom stereocenters. The van der Waals surface area contributed by atoms with Crippen LogP contribution in [-0.2, 0) is 14.8 Å². The molecule has 114 valence electrons. The van der Waals surface area contributed by atoms with E-state index >= 15 is 0 Å². The number of H-pyrrole nitrogens is 1. The first-order valence-electron chi connectivity index (χ1n) is 6.06. The molecular formula is C12H14ClN3O4S. The number of halogens is 1. The Hall–Kier alpha value is -1.64. The maximum absolute atomic E-state index is 12.5. The fourth-order valence-corrected chi connectivity index (χ4v) is 3.65. The lowest BCUT2D eigenvalue weighted by molar-refractivity contribution is -0.141. The second kappa shape index (κ2) is 5.63. The van der Waals surface area contributed by atoms with Crippen molar-refractivity contribution in [2.24, 2.45) is 5.92 Å². The van der Waals surface area contributed by atoms with Crippen molar-refractivity contribution in [2.75, 3.05) is 13.6 Å². The molecule has 1 unspecified atom stereocenters. The average molecular weight is 332 g/mol. The lowest BCUT2D eigenvalue weighted by atomic mass is 10.2. The number of aromatic nitrogens is 2. The minimum atomic E-state index is -3.86. The smallest absolute Gasteiger partial charge is 0.307 e. The monoisotopic (exact) mass is 331 g/mol. The molecule has 21 heavy (non-hydrogen) atoms. The largest absolute Gasteiger partial charge is 0.481 e. The number of rotatable bonds is 5. The molecule has 0 saturated heterocycles. The summed E-state index contributed by atoms with van der Waals surface area (Å²) >= 11 is 6.03. The fraction of sp³-hybridized carbons (Fsp3) is 0.333. The normalized spacial score (nSPS) is 13.7. The molecule has 0 fully saturated rings. The van der Waals surface area contributed by atoms with E-state index in [0.717, 1.165) is 4.31 Å². The topological polar surface area (TPSA) is 103 Å². The van der Waals surface area contributed by atoms with Crippen LogP contribution >= 0.6 is 11.6 Å². The van der Waals surface area contributed by atoms with Gasteiger partial charge in [0.2, 0.25) is 10.0 Å². The summed E-state index contributed by atoms with van der Waals surface area (Å²) < 4.78 is 26.1. The second-order valence-corrected chi connectivity index (χ2v) is 7.11. The van der Waals surface area contributed by atoms with Crippen LogP contribution in [0.1, 0.15) is 6.92 Å². The van der Waals surface area contributed by atoms with E-state index in [1.54, 1.807) is 0 Å². The Labute approximate surface area is 126 Å². The van der Waals surface area contributed by atoms with Gasteiger partial charge in [-0.05, 0) is 6.07 Å². The summed E-state index contributed by atoms with van der Waals surface area (Å²) in [4.78, 5) is 17.6. The molecular weight excluding hydrogens is 318 g/mol. The summed E-state index contributed by atoms with van der Waals surface area (Å²) in [5, 5.41) is 9.45. The zero-order valence-corrected chi connectivity index (χ0v) is 12.9. The molecule has 0 aromatic carbocycles. The number of carboxylic acid groups (broad SMARTS) is 1. The van der Waals surface area contributed by atoms with Crippen molar-refractivity contribution < 1.29 is 18.3 Å². The molecule has 2 aromatic rings. The predicted octanol–water partition coefficient (Wildman–Crippen LogP) is 1.56. The zero-order chi connectivity index (χ0) is 15.8. The maximum Gasteiger partial charge on any atom is 0.307 e. The summed E-state index contributed by atoms with van der Waals surface area (Å²) in [6, 6.07) is 1.50. The minimum Gasteiger partial charge on any atom is -0.481 e. The Kier molecular flexibility index (Phi) is 4.22. The third kappa shape index (κ3) is 2.87. The number of nitrogens with one attached hydrogen (secondary N) is 1. The number of fused-ring (bicyclic) bond motifs is 1. The quantitative estimate of drug-likeness (QED) is 0.865. The zero-order valence-electron chi connectivity index (χ0n) is 11.4. The molecule has 7 nitrogen and oxygen atoms in total. The van der Waals surface area contributed by atoms with Gasteiger partial charge in [0.25, 0.3) is 0 Å². The third-order valence-corrected chi connectivity index (χ3v) is 5.29. The van der Waals surface area contributed by atoms with E-state index in [2.05, 4.69) is 9.97 Å². The molecule has 2 aromatic heterocycles. The summed E-state index contributed by atoms with van der Waals surface area (Å²) in [6.45, 7) is 1.31. The van der Waals surface area contributed by atoms with E-state index in [9.17, 15) is 13.2 Å². The van der Waals surface area contributed by atoms with Crippen molar-refractivity contribution in [3.05, 3.63) is 23.5 Å². The van der Waals surface area contributed by atoms with Crippen LogP contribution in [0.15, 0.2) is 23.4 Å². The number of aliphatic carboxylic acids is 1. The van der Waals surface area contributed by atoms with Crippen molar-refractivity contribution >= 4 is 38.6 Å². The van der Waals surface area contributed by atoms with Crippen LogP contribution in [0.2, 0.25) is 5.02 Å². The number of nitrogens with zero attached hydrogens (tertiary/aromatic N) is 2. The average Bonchev–Trinajstić information content (AvgIpc) is 2.84. The standard InChI is InChI=1S/C12H14ClN3O4S/c1-7(12(17)18)6-16(2)21(19,20)9-5-15-11-10(9)8(13)3-4-14-11/h3-5,7H,6H2,1-2H3,(H,14,15)(H,17,18). The highest BCUT2D eigenvalue weighted by Crippen LogP contribution is 2.30. The molecule has 2 N–H and O–H groups in total. The van der Waals surface area contributed by atoms with Crippen molar-refractivity contribution in [3.8, 4) is 0 Å². The lowest BCUT2D eigenvalue weighted by Crippen LogP contribution is -2.33. The van der Waals surface area contributed by atoms with E-state index in [-0.39, 0.29) is 16.5 Å². The van der Waals surface area contributed by atoms with Gasteiger partial charge >= 0.3 is 5.97 Å². The highest BCUT2D eigenvalue weighted by molar-refractivity contribution is 7.89. The van der Waals surface area contributed by atoms with Gasteiger partial charge in [0, 0.05) is 26.0 Å². The first-order valence-corrected chi connectivity index (χ1v) is 7.87. The van der Waals surface area contributed by atoms with Gasteiger partial charge in [0.05, 0.1) is 16.3 Å². The number of pyridine rings is 1. The van der Waals surface area contributed by atoms with Crippen LogP contribution in [0.4, 0.5) is 0 Å². The van der Waals surface area contributed by atoms with E-state index < -0.39 is 21.9 Å². The van der Waals surface area contributed by atoms with Crippen LogP contribution in [-0.4, -0.2) is 47.4 Å². The van der Waals surface area contributed by atoms with E-state index in [0.29, 0.717) is 11.0 Å². The minimum absolute atomic E-state index is 0.0179. The van der Waals surface area contributed by atoms with Crippen LogP contribution in [0.25, 0.3) is 11.0 Å². The molecule has 0 aliphatic rings. The van der Waals surface area contributed by atoms with Gasteiger partial charge in [-0.25, -0.2) is 17.7 Å². The molecule has 2 heterocycles. The second-order valence-electron chi connectivity index (χ2n) is 4.69. The molecule has 0 saturated carbocycles. The van der Waals surface area contributed by atoms with E-state index in [1.807, 2.05) is 0 Å².